The topological polar surface area (TPSA) is 0 Å². The van der Waals surface area contributed by atoms with Gasteiger partial charge in [0, 0.05) is 0 Å². The van der Waals surface area contributed by atoms with E-state index in [0.29, 0.717) is 5.92 Å². The zero-order valence-corrected chi connectivity index (χ0v) is 23.1. The molecule has 0 fully saturated rings. The van der Waals surface area contributed by atoms with Crippen LogP contribution in [0.4, 0.5) is 0 Å². The van der Waals surface area contributed by atoms with E-state index in [1.807, 2.05) is 3.88 Å². The molecule has 3 rings (SSSR count). The molecular formula is C28H40SiTi. The van der Waals surface area contributed by atoms with E-state index in [2.05, 4.69) is 118 Å². The van der Waals surface area contributed by atoms with Crippen LogP contribution in [-0.4, -0.2) is 8.07 Å². The number of rotatable bonds is 6. The van der Waals surface area contributed by atoms with Crippen LogP contribution >= 0.6 is 0 Å². The van der Waals surface area contributed by atoms with Crippen LogP contribution in [0.3, 0.4) is 0 Å². The first kappa shape index (κ1) is 23.5. The van der Waals surface area contributed by atoms with Crippen LogP contribution in [0.5, 0.6) is 0 Å². The van der Waals surface area contributed by atoms with Crippen molar-refractivity contribution in [1.29, 1.82) is 0 Å². The van der Waals surface area contributed by atoms with E-state index in [1.54, 1.807) is 27.1 Å². The molecule has 1 aliphatic carbocycles. The van der Waals surface area contributed by atoms with Crippen molar-refractivity contribution in [2.24, 2.45) is 5.92 Å². The van der Waals surface area contributed by atoms with Crippen molar-refractivity contribution in [1.82, 2.24) is 0 Å². The first-order valence-electron chi connectivity index (χ1n) is 11.5. The number of allylic oxidation sites excluding steroid dienone is 4. The van der Waals surface area contributed by atoms with Crippen molar-refractivity contribution >= 4 is 18.4 Å². The molecule has 160 valence electrons. The maximum atomic E-state index is 2.64. The molecule has 0 radical (unpaired) electrons. The summed E-state index contributed by atoms with van der Waals surface area (Å²) < 4.78 is 1.84. The molecule has 30 heavy (non-hydrogen) atoms. The Morgan fingerprint density at radius 2 is 1.20 bits per heavy atom. The van der Waals surface area contributed by atoms with E-state index in [1.165, 1.54) is 6.04 Å². The second-order valence-corrected chi connectivity index (χ2v) is 23.0. The monoisotopic (exact) mass is 452 g/mol. The van der Waals surface area contributed by atoms with E-state index in [0.717, 1.165) is 0 Å². The van der Waals surface area contributed by atoms with E-state index in [-0.39, 0.29) is 5.04 Å². The van der Waals surface area contributed by atoms with Crippen molar-refractivity contribution in [2.45, 2.75) is 68.3 Å². The summed E-state index contributed by atoms with van der Waals surface area (Å²) in [4.78, 5) is 0. The fourth-order valence-corrected chi connectivity index (χ4v) is 20.3. The fourth-order valence-electron chi connectivity index (χ4n) is 6.49. The van der Waals surface area contributed by atoms with Gasteiger partial charge >= 0.3 is 191 Å². The Labute approximate surface area is 189 Å². The Morgan fingerprint density at radius 3 is 1.57 bits per heavy atom. The van der Waals surface area contributed by atoms with Gasteiger partial charge in [-0.05, 0) is 0 Å². The molecule has 1 aliphatic rings. The van der Waals surface area contributed by atoms with Crippen LogP contribution in [0.1, 0.15) is 41.5 Å². The van der Waals surface area contributed by atoms with Crippen LogP contribution in [-0.2, 0) is 16.6 Å². The van der Waals surface area contributed by atoms with Crippen molar-refractivity contribution in [3.05, 3.63) is 81.3 Å². The minimum absolute atomic E-state index is 0.131. The molecule has 0 heterocycles. The van der Waals surface area contributed by atoms with Crippen molar-refractivity contribution in [3.8, 4) is 0 Å². The molecule has 1 unspecified atom stereocenters. The Hall–Kier alpha value is -1.15. The van der Waals surface area contributed by atoms with E-state index >= 15 is 0 Å². The molecule has 2 aromatic carbocycles. The first-order chi connectivity index (χ1) is 14.0. The van der Waals surface area contributed by atoms with Gasteiger partial charge in [-0.3, -0.25) is 0 Å². The average Bonchev–Trinajstić information content (AvgIpc) is 2.88. The number of hydrogen-bond donors (Lipinski definition) is 0. The summed E-state index contributed by atoms with van der Waals surface area (Å²) in [5, 5.41) is 11.1. The van der Waals surface area contributed by atoms with Crippen molar-refractivity contribution in [2.75, 3.05) is 0 Å². The summed E-state index contributed by atoms with van der Waals surface area (Å²) in [6, 6.07) is 24.4. The zero-order valence-electron chi connectivity index (χ0n) is 20.6. The molecular weight excluding hydrogens is 412 g/mol. The third-order valence-electron chi connectivity index (χ3n) is 7.60. The summed E-state index contributed by atoms with van der Waals surface area (Å²) in [7, 11) is -2.19. The van der Waals surface area contributed by atoms with Gasteiger partial charge in [0.25, 0.3) is 0 Å². The molecule has 0 N–H and O–H groups in total. The quantitative estimate of drug-likeness (QED) is 0.396. The van der Waals surface area contributed by atoms with Gasteiger partial charge in [-0.2, -0.15) is 0 Å². The van der Waals surface area contributed by atoms with E-state index in [4.69, 9.17) is 0 Å². The summed E-state index contributed by atoms with van der Waals surface area (Å²) in [6.07, 6.45) is 0. The third kappa shape index (κ3) is 3.57. The van der Waals surface area contributed by atoms with Gasteiger partial charge < -0.3 is 0 Å². The average molecular weight is 453 g/mol. The Bertz CT molecular complexity index is 921. The predicted octanol–water partition coefficient (Wildman–Crippen LogP) is 7.59. The fraction of sp³-hybridized carbons (Fsp3) is 0.429. The first-order valence-corrected chi connectivity index (χ1v) is 19.2. The molecule has 0 saturated heterocycles. The molecule has 1 atom stereocenters. The Morgan fingerprint density at radius 1 is 0.767 bits per heavy atom. The van der Waals surface area contributed by atoms with Gasteiger partial charge in [-0.1, -0.05) is 0 Å². The third-order valence-corrected chi connectivity index (χ3v) is 18.1. The van der Waals surface area contributed by atoms with Crippen LogP contribution in [0.2, 0.25) is 26.8 Å². The second kappa shape index (κ2) is 8.41. The predicted molar refractivity (Wildman–Crippen MR) is 135 cm³/mol. The van der Waals surface area contributed by atoms with Crippen molar-refractivity contribution in [3.63, 3.8) is 0 Å². The van der Waals surface area contributed by atoms with Gasteiger partial charge in [-0.25, -0.2) is 0 Å². The van der Waals surface area contributed by atoms with E-state index in [9.17, 15) is 0 Å². The molecule has 2 aromatic rings. The summed E-state index contributed by atoms with van der Waals surface area (Å²) in [5.74, 6) is 0.650. The molecule has 0 spiro atoms. The maximum absolute atomic E-state index is 2.64. The van der Waals surface area contributed by atoms with Crippen LogP contribution < -0.4 is 10.4 Å². The summed E-state index contributed by atoms with van der Waals surface area (Å²) >= 11 is -2.15. The molecule has 0 saturated carbocycles. The SMILES string of the molecule is CC1=C(C)C(C)([Si](CC(C)C)(c2ccccc2)c2ccccc2)[C]([Ti]([CH3])([CH3])[CH3])=C1C. The van der Waals surface area contributed by atoms with Gasteiger partial charge in [0.05, 0.1) is 0 Å². The van der Waals surface area contributed by atoms with Crippen LogP contribution in [0, 0.1) is 5.92 Å². The minimum atomic E-state index is -2.19. The molecule has 0 nitrogen and oxygen atoms in total. The Balaban J connectivity index is 2.52. The van der Waals surface area contributed by atoms with Gasteiger partial charge in [-0.15, -0.1) is 0 Å². The Kier molecular flexibility index (Phi) is 6.59. The number of hydrogen-bond acceptors (Lipinski definition) is 0. The van der Waals surface area contributed by atoms with Crippen LogP contribution in [0.15, 0.2) is 81.3 Å². The summed E-state index contributed by atoms with van der Waals surface area (Å²) in [5.41, 5.74) is 4.80. The van der Waals surface area contributed by atoms with Crippen LogP contribution in [0.25, 0.3) is 0 Å². The van der Waals surface area contributed by atoms with E-state index < -0.39 is 24.7 Å². The van der Waals surface area contributed by atoms with Gasteiger partial charge in [0.15, 0.2) is 0 Å². The molecule has 0 amide bonds. The second-order valence-electron chi connectivity index (χ2n) is 10.9. The van der Waals surface area contributed by atoms with Crippen molar-refractivity contribution < 1.29 is 16.6 Å². The molecule has 2 heteroatoms. The molecule has 0 aromatic heterocycles. The normalized spacial score (nSPS) is 20.5. The zero-order chi connectivity index (χ0) is 22.3. The molecule has 0 aliphatic heterocycles. The number of benzene rings is 2. The summed E-state index contributed by atoms with van der Waals surface area (Å²) in [6.45, 7) is 14.7. The molecule has 0 bridgehead atoms. The standard InChI is InChI=1S/C25H31Si.3CH3.Ti/c1-19(2)18-26(23-13-9-7-10-14-23,24-15-11-8-12-16-24)25(6)17-20(3)21(4)22(25)5;;;;/h7-16,19H,18H2,1-6H3;3*1H3;. The van der Waals surface area contributed by atoms with Gasteiger partial charge in [0.2, 0.25) is 0 Å². The van der Waals surface area contributed by atoms with Gasteiger partial charge in [0.1, 0.15) is 0 Å².